The van der Waals surface area contributed by atoms with Crippen molar-refractivity contribution in [2.24, 2.45) is 0 Å². The lowest BCUT2D eigenvalue weighted by Crippen LogP contribution is -2.35. The molecule has 1 aromatic rings. The minimum Gasteiger partial charge on any atom is -0.479 e. The number of ether oxygens (including phenoxy) is 1. The first-order valence-corrected chi connectivity index (χ1v) is 5.86. The van der Waals surface area contributed by atoms with Crippen LogP contribution in [0.2, 0.25) is 0 Å². The highest BCUT2D eigenvalue weighted by atomic mass is 19.1. The lowest BCUT2D eigenvalue weighted by Gasteiger charge is -2.21. The average Bonchev–Trinajstić information content (AvgIpc) is 2.38. The van der Waals surface area contributed by atoms with Crippen LogP contribution in [-0.2, 0) is 14.3 Å². The maximum absolute atomic E-state index is 12.8. The monoisotopic (exact) mass is 269 g/mol. The van der Waals surface area contributed by atoms with Crippen molar-refractivity contribution in [3.8, 4) is 0 Å². The van der Waals surface area contributed by atoms with Gasteiger partial charge in [-0.05, 0) is 38.1 Å². The zero-order chi connectivity index (χ0) is 14.4. The summed E-state index contributed by atoms with van der Waals surface area (Å²) in [6, 6.07) is 5.48. The van der Waals surface area contributed by atoms with Gasteiger partial charge in [0.05, 0.1) is 0 Å². The van der Waals surface area contributed by atoms with Gasteiger partial charge in [0.2, 0.25) is 0 Å². The standard InChI is InChI=1S/C13H16FNO4/c1-3-15(11-6-4-10(14)5-7-11)12(16)8-19-9(2)13(17)18/h4-7,9H,3,8H2,1-2H3,(H,17,18). The molecule has 19 heavy (non-hydrogen) atoms. The average molecular weight is 269 g/mol. The van der Waals surface area contributed by atoms with Crippen LogP contribution in [0, 0.1) is 5.82 Å². The molecule has 0 aliphatic heterocycles. The van der Waals surface area contributed by atoms with E-state index in [0.717, 1.165) is 0 Å². The largest absolute Gasteiger partial charge is 0.479 e. The molecule has 0 spiro atoms. The van der Waals surface area contributed by atoms with Crippen LogP contribution in [0.3, 0.4) is 0 Å². The molecule has 1 N–H and O–H groups in total. The Labute approximate surface area is 110 Å². The number of carboxylic acids is 1. The van der Waals surface area contributed by atoms with Crippen LogP contribution in [-0.4, -0.2) is 36.2 Å². The SMILES string of the molecule is CCN(C(=O)COC(C)C(=O)O)c1ccc(F)cc1. The molecule has 5 nitrogen and oxygen atoms in total. The summed E-state index contributed by atoms with van der Waals surface area (Å²) in [5.41, 5.74) is 0.542. The summed E-state index contributed by atoms with van der Waals surface area (Å²) in [5, 5.41) is 8.65. The Morgan fingerprint density at radius 1 is 1.37 bits per heavy atom. The summed E-state index contributed by atoms with van der Waals surface area (Å²) in [6.07, 6.45) is -1.05. The van der Waals surface area contributed by atoms with Gasteiger partial charge in [0.25, 0.3) is 5.91 Å². The minimum absolute atomic E-state index is 0.335. The zero-order valence-corrected chi connectivity index (χ0v) is 10.8. The van der Waals surface area contributed by atoms with Crippen molar-refractivity contribution >= 4 is 17.6 Å². The van der Waals surface area contributed by atoms with E-state index < -0.39 is 12.1 Å². The molecular weight excluding hydrogens is 253 g/mol. The van der Waals surface area contributed by atoms with Gasteiger partial charge in [-0.3, -0.25) is 4.79 Å². The fourth-order valence-electron chi connectivity index (χ4n) is 1.47. The summed E-state index contributed by atoms with van der Waals surface area (Å²) < 4.78 is 17.7. The van der Waals surface area contributed by atoms with E-state index in [9.17, 15) is 14.0 Å². The third-order valence-corrected chi connectivity index (χ3v) is 2.56. The fraction of sp³-hybridized carbons (Fsp3) is 0.385. The van der Waals surface area contributed by atoms with Crippen molar-refractivity contribution in [1.82, 2.24) is 0 Å². The normalized spacial score (nSPS) is 11.9. The van der Waals surface area contributed by atoms with Gasteiger partial charge in [-0.1, -0.05) is 0 Å². The Balaban J connectivity index is 2.67. The first kappa shape index (κ1) is 15.1. The number of carboxylic acid groups (broad SMARTS) is 1. The number of aliphatic carboxylic acids is 1. The molecule has 0 fully saturated rings. The van der Waals surface area contributed by atoms with E-state index in [1.54, 1.807) is 6.92 Å². The third-order valence-electron chi connectivity index (χ3n) is 2.56. The molecule has 1 aromatic carbocycles. The molecule has 6 heteroatoms. The van der Waals surface area contributed by atoms with Gasteiger partial charge in [0, 0.05) is 12.2 Å². The second-order valence-electron chi connectivity index (χ2n) is 3.91. The fourth-order valence-corrected chi connectivity index (χ4v) is 1.47. The van der Waals surface area contributed by atoms with Gasteiger partial charge >= 0.3 is 5.97 Å². The van der Waals surface area contributed by atoms with Crippen LogP contribution in [0.5, 0.6) is 0 Å². The molecule has 0 aromatic heterocycles. The molecule has 1 atom stereocenters. The molecule has 0 bridgehead atoms. The number of benzene rings is 1. The van der Waals surface area contributed by atoms with Gasteiger partial charge in [-0.15, -0.1) is 0 Å². The number of halogens is 1. The maximum Gasteiger partial charge on any atom is 0.332 e. The second-order valence-corrected chi connectivity index (χ2v) is 3.91. The van der Waals surface area contributed by atoms with Crippen LogP contribution in [0.4, 0.5) is 10.1 Å². The van der Waals surface area contributed by atoms with Gasteiger partial charge < -0.3 is 14.7 Å². The molecule has 1 rings (SSSR count). The second kappa shape index (κ2) is 6.84. The summed E-state index contributed by atoms with van der Waals surface area (Å²) in [7, 11) is 0. The Hall–Kier alpha value is -1.95. The van der Waals surface area contributed by atoms with E-state index in [0.29, 0.717) is 12.2 Å². The molecule has 0 aliphatic carbocycles. The molecule has 104 valence electrons. The number of carbonyl (C=O) groups excluding carboxylic acids is 1. The smallest absolute Gasteiger partial charge is 0.332 e. The molecule has 1 amide bonds. The van der Waals surface area contributed by atoms with Crippen molar-refractivity contribution < 1.29 is 23.8 Å². The van der Waals surface area contributed by atoms with Gasteiger partial charge in [0.15, 0.2) is 6.10 Å². The number of likely N-dealkylation sites (N-methyl/N-ethyl adjacent to an activating group) is 1. The highest BCUT2D eigenvalue weighted by Crippen LogP contribution is 2.15. The van der Waals surface area contributed by atoms with E-state index in [1.165, 1.54) is 36.1 Å². The number of rotatable bonds is 6. The lowest BCUT2D eigenvalue weighted by molar-refractivity contribution is -0.150. The molecule has 0 saturated carbocycles. The maximum atomic E-state index is 12.8. The summed E-state index contributed by atoms with van der Waals surface area (Å²) in [5.74, 6) is -1.89. The number of anilines is 1. The summed E-state index contributed by atoms with van der Waals surface area (Å²) >= 11 is 0. The number of nitrogens with zero attached hydrogens (tertiary/aromatic N) is 1. The van der Waals surface area contributed by atoms with Crippen molar-refractivity contribution in [3.63, 3.8) is 0 Å². The Morgan fingerprint density at radius 2 is 1.95 bits per heavy atom. The van der Waals surface area contributed by atoms with E-state index >= 15 is 0 Å². The third kappa shape index (κ3) is 4.33. The van der Waals surface area contributed by atoms with Crippen LogP contribution in [0.25, 0.3) is 0 Å². The van der Waals surface area contributed by atoms with E-state index in [2.05, 4.69) is 0 Å². The van der Waals surface area contributed by atoms with Crippen LogP contribution in [0.1, 0.15) is 13.8 Å². The molecular formula is C13H16FNO4. The summed E-state index contributed by atoms with van der Waals surface area (Å²) in [6.45, 7) is 3.17. The molecule has 0 heterocycles. The van der Waals surface area contributed by atoms with E-state index in [-0.39, 0.29) is 18.3 Å². The van der Waals surface area contributed by atoms with Crippen molar-refractivity contribution in [2.45, 2.75) is 20.0 Å². The predicted molar refractivity (Wildman–Crippen MR) is 67.5 cm³/mol. The highest BCUT2D eigenvalue weighted by Gasteiger charge is 2.18. The molecule has 0 saturated heterocycles. The van der Waals surface area contributed by atoms with Crippen molar-refractivity contribution in [1.29, 1.82) is 0 Å². The quantitative estimate of drug-likeness (QED) is 0.853. The lowest BCUT2D eigenvalue weighted by atomic mass is 10.2. The van der Waals surface area contributed by atoms with Gasteiger partial charge in [0.1, 0.15) is 12.4 Å². The van der Waals surface area contributed by atoms with E-state index in [4.69, 9.17) is 9.84 Å². The van der Waals surface area contributed by atoms with Crippen LogP contribution >= 0.6 is 0 Å². The Morgan fingerprint density at radius 3 is 2.42 bits per heavy atom. The Bertz CT molecular complexity index is 446. The van der Waals surface area contributed by atoms with Crippen LogP contribution < -0.4 is 4.90 Å². The first-order chi connectivity index (χ1) is 8.95. The number of hydrogen-bond donors (Lipinski definition) is 1. The molecule has 0 radical (unpaired) electrons. The Kier molecular flexibility index (Phi) is 5.44. The van der Waals surface area contributed by atoms with Crippen LogP contribution in [0.15, 0.2) is 24.3 Å². The minimum atomic E-state index is -1.13. The van der Waals surface area contributed by atoms with Gasteiger partial charge in [-0.2, -0.15) is 0 Å². The number of hydrogen-bond acceptors (Lipinski definition) is 3. The van der Waals surface area contributed by atoms with Gasteiger partial charge in [-0.25, -0.2) is 9.18 Å². The topological polar surface area (TPSA) is 66.8 Å². The molecule has 0 aliphatic rings. The number of amides is 1. The molecule has 1 unspecified atom stereocenters. The first-order valence-electron chi connectivity index (χ1n) is 5.86. The zero-order valence-electron chi connectivity index (χ0n) is 10.8. The van der Waals surface area contributed by atoms with Crippen molar-refractivity contribution in [3.05, 3.63) is 30.1 Å². The van der Waals surface area contributed by atoms with E-state index in [1.807, 2.05) is 0 Å². The summed E-state index contributed by atoms with van der Waals surface area (Å²) in [4.78, 5) is 23.9. The number of carbonyl (C=O) groups is 2. The predicted octanol–water partition coefficient (Wildman–Crippen LogP) is 1.67. The van der Waals surface area contributed by atoms with Crippen molar-refractivity contribution in [2.75, 3.05) is 18.1 Å². The highest BCUT2D eigenvalue weighted by molar-refractivity contribution is 5.94.